The first-order valence-electron chi connectivity index (χ1n) is 4.23. The van der Waals surface area contributed by atoms with Gasteiger partial charge in [-0.05, 0) is 24.6 Å². The van der Waals surface area contributed by atoms with Crippen molar-refractivity contribution >= 4 is 23.6 Å². The number of pyridine rings is 1. The van der Waals surface area contributed by atoms with Gasteiger partial charge in [0.05, 0.1) is 5.69 Å². The Morgan fingerprint density at radius 3 is 3.00 bits per heavy atom. The van der Waals surface area contributed by atoms with Crippen LogP contribution in [0.1, 0.15) is 22.6 Å². The Morgan fingerprint density at radius 1 is 1.57 bits per heavy atom. The smallest absolute Gasteiger partial charge is 0.267 e. The first-order chi connectivity index (χ1) is 6.74. The average Bonchev–Trinajstić information content (AvgIpc) is 2.19. The van der Waals surface area contributed by atoms with Crippen molar-refractivity contribution in [2.24, 2.45) is 5.73 Å². The maximum absolute atomic E-state index is 10.8. The third-order valence-electron chi connectivity index (χ3n) is 1.59. The summed E-state index contributed by atoms with van der Waals surface area (Å²) >= 11 is 5.50. The zero-order valence-electron chi connectivity index (χ0n) is 7.61. The van der Waals surface area contributed by atoms with Gasteiger partial charge in [0.15, 0.2) is 0 Å². The molecule has 0 atom stereocenters. The van der Waals surface area contributed by atoms with Gasteiger partial charge in [-0.3, -0.25) is 4.79 Å². The van der Waals surface area contributed by atoms with Crippen LogP contribution in [-0.4, -0.2) is 16.8 Å². The minimum atomic E-state index is -0.516. The molecule has 0 fully saturated rings. The maximum Gasteiger partial charge on any atom is 0.267 e. The van der Waals surface area contributed by atoms with E-state index in [0.717, 1.165) is 6.42 Å². The van der Waals surface area contributed by atoms with E-state index in [4.69, 9.17) is 17.3 Å². The van der Waals surface area contributed by atoms with Crippen molar-refractivity contribution in [1.82, 2.24) is 4.98 Å². The summed E-state index contributed by atoms with van der Waals surface area (Å²) in [6.45, 7) is 0. The molecule has 0 bridgehead atoms. The standard InChI is InChI=1S/C10H11ClN2O/c11-7-2-1-4-8-5-3-6-9(13-8)10(12)14/h1,3-6H,2,7H2,(H2,12,14). The molecule has 14 heavy (non-hydrogen) atoms. The largest absolute Gasteiger partial charge is 0.364 e. The quantitative estimate of drug-likeness (QED) is 0.771. The molecule has 3 nitrogen and oxygen atoms in total. The van der Waals surface area contributed by atoms with Gasteiger partial charge in [0, 0.05) is 5.88 Å². The van der Waals surface area contributed by atoms with Crippen LogP contribution in [0.25, 0.3) is 6.08 Å². The van der Waals surface area contributed by atoms with E-state index in [2.05, 4.69) is 4.98 Å². The van der Waals surface area contributed by atoms with Crippen LogP contribution in [-0.2, 0) is 0 Å². The van der Waals surface area contributed by atoms with Gasteiger partial charge in [-0.25, -0.2) is 4.98 Å². The fraction of sp³-hybridized carbons (Fsp3) is 0.200. The van der Waals surface area contributed by atoms with E-state index < -0.39 is 5.91 Å². The molecular formula is C10H11ClN2O. The van der Waals surface area contributed by atoms with Crippen molar-refractivity contribution < 1.29 is 4.79 Å². The van der Waals surface area contributed by atoms with Crippen molar-refractivity contribution in [2.45, 2.75) is 6.42 Å². The van der Waals surface area contributed by atoms with Gasteiger partial charge < -0.3 is 5.73 Å². The van der Waals surface area contributed by atoms with Crippen LogP contribution in [0.2, 0.25) is 0 Å². The van der Waals surface area contributed by atoms with Gasteiger partial charge in [-0.2, -0.15) is 0 Å². The van der Waals surface area contributed by atoms with Gasteiger partial charge >= 0.3 is 0 Å². The van der Waals surface area contributed by atoms with E-state index in [1.54, 1.807) is 18.2 Å². The molecule has 0 saturated carbocycles. The highest BCUT2D eigenvalue weighted by molar-refractivity contribution is 6.17. The van der Waals surface area contributed by atoms with Crippen molar-refractivity contribution in [2.75, 3.05) is 5.88 Å². The van der Waals surface area contributed by atoms with Crippen molar-refractivity contribution in [3.63, 3.8) is 0 Å². The predicted molar refractivity (Wildman–Crippen MR) is 57.1 cm³/mol. The van der Waals surface area contributed by atoms with Gasteiger partial charge in [0.2, 0.25) is 0 Å². The molecular weight excluding hydrogens is 200 g/mol. The summed E-state index contributed by atoms with van der Waals surface area (Å²) in [5, 5.41) is 0. The number of rotatable bonds is 4. The fourth-order valence-electron chi connectivity index (χ4n) is 0.949. The Balaban J connectivity index is 2.78. The van der Waals surface area contributed by atoms with Gasteiger partial charge in [-0.1, -0.05) is 12.1 Å². The Kier molecular flexibility index (Phi) is 4.13. The Morgan fingerprint density at radius 2 is 2.36 bits per heavy atom. The number of nitrogens with zero attached hydrogens (tertiary/aromatic N) is 1. The van der Waals surface area contributed by atoms with Gasteiger partial charge in [0.1, 0.15) is 5.69 Å². The number of halogens is 1. The number of hydrogen-bond donors (Lipinski definition) is 1. The van der Waals surface area contributed by atoms with Crippen LogP contribution in [0.5, 0.6) is 0 Å². The lowest BCUT2D eigenvalue weighted by atomic mass is 10.2. The summed E-state index contributed by atoms with van der Waals surface area (Å²) in [4.78, 5) is 14.8. The predicted octanol–water partition coefficient (Wildman–Crippen LogP) is 1.82. The minimum absolute atomic E-state index is 0.276. The number of carbonyl (C=O) groups is 1. The highest BCUT2D eigenvalue weighted by Gasteiger charge is 2.00. The molecule has 0 aliphatic heterocycles. The second-order valence-corrected chi connectivity index (χ2v) is 3.07. The number of allylic oxidation sites excluding steroid dienone is 1. The summed E-state index contributed by atoms with van der Waals surface area (Å²) in [6, 6.07) is 5.13. The molecule has 4 heteroatoms. The van der Waals surface area contributed by atoms with Gasteiger partial charge in [-0.15, -0.1) is 11.6 Å². The summed E-state index contributed by atoms with van der Waals surface area (Å²) in [6.07, 6.45) is 4.50. The summed E-state index contributed by atoms with van der Waals surface area (Å²) < 4.78 is 0. The lowest BCUT2D eigenvalue weighted by molar-refractivity contribution is 0.0995. The molecule has 1 aromatic heterocycles. The van der Waals surface area contributed by atoms with Gasteiger partial charge in [0.25, 0.3) is 5.91 Å². The van der Waals surface area contributed by atoms with E-state index >= 15 is 0 Å². The summed E-state index contributed by atoms with van der Waals surface area (Å²) in [7, 11) is 0. The normalized spacial score (nSPS) is 10.6. The molecule has 0 saturated heterocycles. The Bertz CT molecular complexity index is 350. The SMILES string of the molecule is NC(=O)c1cccc(C=CCCCl)n1. The van der Waals surface area contributed by atoms with Crippen LogP contribution in [0.4, 0.5) is 0 Å². The molecule has 0 unspecified atom stereocenters. The molecule has 0 radical (unpaired) electrons. The lowest BCUT2D eigenvalue weighted by Crippen LogP contribution is -2.13. The van der Waals surface area contributed by atoms with Crippen LogP contribution in [0.15, 0.2) is 24.3 Å². The van der Waals surface area contributed by atoms with Crippen molar-refractivity contribution in [3.8, 4) is 0 Å². The number of amides is 1. The second kappa shape index (κ2) is 5.40. The van der Waals surface area contributed by atoms with E-state index in [1.807, 2.05) is 12.2 Å². The zero-order chi connectivity index (χ0) is 10.4. The summed E-state index contributed by atoms with van der Waals surface area (Å²) in [5.74, 6) is 0.0593. The second-order valence-electron chi connectivity index (χ2n) is 2.69. The molecule has 1 heterocycles. The number of hydrogen-bond acceptors (Lipinski definition) is 2. The highest BCUT2D eigenvalue weighted by atomic mass is 35.5. The van der Waals surface area contributed by atoms with Crippen LogP contribution in [0.3, 0.4) is 0 Å². The van der Waals surface area contributed by atoms with E-state index in [9.17, 15) is 4.79 Å². The maximum atomic E-state index is 10.8. The fourth-order valence-corrected chi connectivity index (χ4v) is 1.07. The molecule has 1 amide bonds. The number of carbonyl (C=O) groups excluding carboxylic acids is 1. The topological polar surface area (TPSA) is 56.0 Å². The van der Waals surface area contributed by atoms with Crippen molar-refractivity contribution in [1.29, 1.82) is 0 Å². The van der Waals surface area contributed by atoms with E-state index in [1.165, 1.54) is 0 Å². The third-order valence-corrected chi connectivity index (χ3v) is 1.81. The molecule has 0 aliphatic rings. The molecule has 0 aromatic carbocycles. The monoisotopic (exact) mass is 210 g/mol. The van der Waals surface area contributed by atoms with E-state index in [0.29, 0.717) is 11.6 Å². The first-order valence-corrected chi connectivity index (χ1v) is 4.77. The third kappa shape index (κ3) is 3.18. The molecule has 0 spiro atoms. The molecule has 0 aliphatic carbocycles. The van der Waals surface area contributed by atoms with Crippen LogP contribution < -0.4 is 5.73 Å². The number of alkyl halides is 1. The molecule has 1 rings (SSSR count). The Labute approximate surface area is 87.6 Å². The zero-order valence-corrected chi connectivity index (χ0v) is 8.37. The number of primary amides is 1. The van der Waals surface area contributed by atoms with Crippen LogP contribution in [0, 0.1) is 0 Å². The first kappa shape index (κ1) is 10.7. The molecule has 2 N–H and O–H groups in total. The van der Waals surface area contributed by atoms with Crippen LogP contribution >= 0.6 is 11.6 Å². The molecule has 1 aromatic rings. The average molecular weight is 211 g/mol. The highest BCUT2D eigenvalue weighted by Crippen LogP contribution is 2.02. The number of aromatic nitrogens is 1. The van der Waals surface area contributed by atoms with E-state index in [-0.39, 0.29) is 5.69 Å². The van der Waals surface area contributed by atoms with Crippen molar-refractivity contribution in [3.05, 3.63) is 35.7 Å². The minimum Gasteiger partial charge on any atom is -0.364 e. The lowest BCUT2D eigenvalue weighted by Gasteiger charge is -1.96. The summed E-state index contributed by atoms with van der Waals surface area (Å²) in [5.41, 5.74) is 6.08. The Hall–Kier alpha value is -1.35. The number of nitrogens with two attached hydrogens (primary N) is 1. The molecule has 74 valence electrons.